The zero-order valence-corrected chi connectivity index (χ0v) is 12.2. The van der Waals surface area contributed by atoms with E-state index in [1.165, 1.54) is 0 Å². The Bertz CT molecular complexity index is 450. The number of nitrogens with one attached hydrogen (secondary N) is 1. The molecular weight excluding hydrogens is 242 g/mol. The number of ether oxygens (including phenoxy) is 1. The van der Waals surface area contributed by atoms with E-state index in [1.807, 2.05) is 19.9 Å². The molecule has 1 aromatic heterocycles. The Hall–Kier alpha value is -1.29. The SMILES string of the molecule is Cc1cc(C)c(C(=O)NC[C@H]2CCO[C@@H]2C(C)C)o1. The smallest absolute Gasteiger partial charge is 0.287 e. The molecule has 1 aliphatic rings. The fourth-order valence-corrected chi connectivity index (χ4v) is 2.78. The number of aryl methyl sites for hydroxylation is 2. The topological polar surface area (TPSA) is 51.5 Å². The third-order valence-corrected chi connectivity index (χ3v) is 3.69. The summed E-state index contributed by atoms with van der Waals surface area (Å²) in [5.74, 6) is 1.96. The van der Waals surface area contributed by atoms with E-state index in [4.69, 9.17) is 9.15 Å². The van der Waals surface area contributed by atoms with Crippen molar-refractivity contribution in [1.29, 1.82) is 0 Å². The molecule has 2 atom stereocenters. The summed E-state index contributed by atoms with van der Waals surface area (Å²) in [6, 6.07) is 1.88. The van der Waals surface area contributed by atoms with Crippen LogP contribution in [0, 0.1) is 25.7 Å². The molecule has 4 nitrogen and oxygen atoms in total. The highest BCUT2D eigenvalue weighted by Crippen LogP contribution is 2.26. The van der Waals surface area contributed by atoms with Crippen LogP contribution in [0.4, 0.5) is 0 Å². The van der Waals surface area contributed by atoms with Gasteiger partial charge in [0.1, 0.15) is 5.76 Å². The normalized spacial score (nSPS) is 23.0. The summed E-state index contributed by atoms with van der Waals surface area (Å²) in [5.41, 5.74) is 0.887. The summed E-state index contributed by atoms with van der Waals surface area (Å²) in [5, 5.41) is 2.97. The lowest BCUT2D eigenvalue weighted by atomic mass is 9.93. The van der Waals surface area contributed by atoms with Gasteiger partial charge in [0.15, 0.2) is 5.76 Å². The van der Waals surface area contributed by atoms with Crippen LogP contribution in [0.15, 0.2) is 10.5 Å². The second-order valence-corrected chi connectivity index (χ2v) is 5.71. The van der Waals surface area contributed by atoms with Crippen molar-refractivity contribution < 1.29 is 13.9 Å². The Morgan fingerprint density at radius 3 is 2.79 bits per heavy atom. The van der Waals surface area contributed by atoms with Crippen molar-refractivity contribution in [2.24, 2.45) is 11.8 Å². The van der Waals surface area contributed by atoms with E-state index in [0.29, 0.717) is 24.1 Å². The monoisotopic (exact) mass is 265 g/mol. The number of rotatable bonds is 4. The first-order chi connectivity index (χ1) is 8.99. The first-order valence-electron chi connectivity index (χ1n) is 6.96. The molecule has 106 valence electrons. The number of carbonyl (C=O) groups is 1. The van der Waals surface area contributed by atoms with E-state index >= 15 is 0 Å². The molecule has 2 rings (SSSR count). The summed E-state index contributed by atoms with van der Waals surface area (Å²) in [4.78, 5) is 12.1. The van der Waals surface area contributed by atoms with Gasteiger partial charge in [0.25, 0.3) is 5.91 Å². The van der Waals surface area contributed by atoms with Crippen LogP contribution in [0.1, 0.15) is 42.1 Å². The van der Waals surface area contributed by atoms with E-state index in [9.17, 15) is 4.79 Å². The highest BCUT2D eigenvalue weighted by Gasteiger charge is 2.31. The molecule has 0 saturated carbocycles. The van der Waals surface area contributed by atoms with E-state index in [1.54, 1.807) is 0 Å². The van der Waals surface area contributed by atoms with Gasteiger partial charge in [0.2, 0.25) is 0 Å². The maximum atomic E-state index is 12.1. The van der Waals surface area contributed by atoms with Gasteiger partial charge in [-0.25, -0.2) is 0 Å². The van der Waals surface area contributed by atoms with Crippen LogP contribution in [-0.4, -0.2) is 25.2 Å². The predicted molar refractivity (Wildman–Crippen MR) is 73.2 cm³/mol. The lowest BCUT2D eigenvalue weighted by Gasteiger charge is -2.22. The van der Waals surface area contributed by atoms with Gasteiger partial charge < -0.3 is 14.5 Å². The van der Waals surface area contributed by atoms with Crippen LogP contribution in [0.3, 0.4) is 0 Å². The molecule has 0 aromatic carbocycles. The average molecular weight is 265 g/mol. The van der Waals surface area contributed by atoms with Crippen molar-refractivity contribution in [2.45, 2.75) is 40.2 Å². The molecule has 1 aliphatic heterocycles. The van der Waals surface area contributed by atoms with Gasteiger partial charge >= 0.3 is 0 Å². The van der Waals surface area contributed by atoms with Gasteiger partial charge in [-0.2, -0.15) is 0 Å². The molecule has 0 unspecified atom stereocenters. The maximum absolute atomic E-state index is 12.1. The summed E-state index contributed by atoms with van der Waals surface area (Å²) >= 11 is 0. The molecule has 19 heavy (non-hydrogen) atoms. The van der Waals surface area contributed by atoms with Crippen LogP contribution >= 0.6 is 0 Å². The second kappa shape index (κ2) is 5.78. The third kappa shape index (κ3) is 3.18. The molecule has 0 bridgehead atoms. The molecule has 0 radical (unpaired) electrons. The Balaban J connectivity index is 1.92. The number of amides is 1. The molecule has 1 amide bonds. The molecule has 1 N–H and O–H groups in total. The fraction of sp³-hybridized carbons (Fsp3) is 0.667. The summed E-state index contributed by atoms with van der Waals surface area (Å²) in [6.45, 7) is 9.50. The van der Waals surface area contributed by atoms with Gasteiger partial charge in [-0.3, -0.25) is 4.79 Å². The standard InChI is InChI=1S/C15H23NO3/c1-9(2)13-12(5-6-18-13)8-16-15(17)14-10(3)7-11(4)19-14/h7,9,12-13H,5-6,8H2,1-4H3,(H,16,17)/t12-,13-/m1/s1. The summed E-state index contributed by atoms with van der Waals surface area (Å²) in [6.07, 6.45) is 1.26. The summed E-state index contributed by atoms with van der Waals surface area (Å²) in [7, 11) is 0. The Morgan fingerprint density at radius 1 is 1.47 bits per heavy atom. The van der Waals surface area contributed by atoms with E-state index in [2.05, 4.69) is 19.2 Å². The molecule has 1 aromatic rings. The van der Waals surface area contributed by atoms with E-state index < -0.39 is 0 Å². The van der Waals surface area contributed by atoms with Gasteiger partial charge in [-0.1, -0.05) is 13.8 Å². The number of furan rings is 1. The van der Waals surface area contributed by atoms with E-state index in [0.717, 1.165) is 24.4 Å². The Morgan fingerprint density at radius 2 is 2.21 bits per heavy atom. The minimum Gasteiger partial charge on any atom is -0.456 e. The van der Waals surface area contributed by atoms with Crippen LogP contribution in [0.25, 0.3) is 0 Å². The molecule has 0 aliphatic carbocycles. The van der Waals surface area contributed by atoms with Crippen molar-refractivity contribution in [3.63, 3.8) is 0 Å². The molecule has 1 saturated heterocycles. The highest BCUT2D eigenvalue weighted by molar-refractivity contribution is 5.92. The van der Waals surface area contributed by atoms with Gasteiger partial charge in [0, 0.05) is 24.6 Å². The lowest BCUT2D eigenvalue weighted by molar-refractivity contribution is 0.0531. The quantitative estimate of drug-likeness (QED) is 0.910. The van der Waals surface area contributed by atoms with Crippen LogP contribution in [0.5, 0.6) is 0 Å². The molecule has 2 heterocycles. The van der Waals surface area contributed by atoms with Crippen LogP contribution in [0.2, 0.25) is 0 Å². The second-order valence-electron chi connectivity index (χ2n) is 5.71. The molecular formula is C15H23NO3. The number of hydrogen-bond donors (Lipinski definition) is 1. The number of hydrogen-bond acceptors (Lipinski definition) is 3. The Labute approximate surface area is 114 Å². The van der Waals surface area contributed by atoms with Gasteiger partial charge in [0.05, 0.1) is 6.10 Å². The highest BCUT2D eigenvalue weighted by atomic mass is 16.5. The van der Waals surface area contributed by atoms with Crippen LogP contribution < -0.4 is 5.32 Å². The minimum absolute atomic E-state index is 0.125. The predicted octanol–water partition coefficient (Wildman–Crippen LogP) is 2.69. The van der Waals surface area contributed by atoms with Gasteiger partial charge in [-0.05, 0) is 32.3 Å². The minimum atomic E-state index is -0.125. The maximum Gasteiger partial charge on any atom is 0.287 e. The molecule has 1 fully saturated rings. The van der Waals surface area contributed by atoms with Crippen molar-refractivity contribution in [1.82, 2.24) is 5.32 Å². The number of carbonyl (C=O) groups excluding carboxylic acids is 1. The van der Waals surface area contributed by atoms with E-state index in [-0.39, 0.29) is 12.0 Å². The molecule has 4 heteroatoms. The van der Waals surface area contributed by atoms with Crippen LogP contribution in [-0.2, 0) is 4.74 Å². The lowest BCUT2D eigenvalue weighted by Crippen LogP contribution is -2.35. The largest absolute Gasteiger partial charge is 0.456 e. The average Bonchev–Trinajstić information content (AvgIpc) is 2.92. The Kier molecular flexibility index (Phi) is 4.30. The third-order valence-electron chi connectivity index (χ3n) is 3.69. The molecule has 0 spiro atoms. The van der Waals surface area contributed by atoms with Crippen molar-refractivity contribution in [2.75, 3.05) is 13.2 Å². The first-order valence-corrected chi connectivity index (χ1v) is 6.96. The fourth-order valence-electron chi connectivity index (χ4n) is 2.78. The first kappa shape index (κ1) is 14.1. The van der Waals surface area contributed by atoms with Crippen molar-refractivity contribution in [3.8, 4) is 0 Å². The summed E-state index contributed by atoms with van der Waals surface area (Å²) < 4.78 is 11.1. The van der Waals surface area contributed by atoms with Gasteiger partial charge in [-0.15, -0.1) is 0 Å². The zero-order chi connectivity index (χ0) is 14.0. The van der Waals surface area contributed by atoms with Crippen molar-refractivity contribution in [3.05, 3.63) is 23.2 Å². The zero-order valence-electron chi connectivity index (χ0n) is 12.2. The van der Waals surface area contributed by atoms with Crippen molar-refractivity contribution >= 4 is 5.91 Å².